The van der Waals surface area contributed by atoms with Crippen LogP contribution in [0.25, 0.3) is 11.3 Å². The van der Waals surface area contributed by atoms with Crippen LogP contribution in [-0.2, 0) is 11.2 Å². The second-order valence-electron chi connectivity index (χ2n) is 7.91. The van der Waals surface area contributed by atoms with Crippen molar-refractivity contribution in [3.63, 3.8) is 0 Å². The molecule has 0 spiro atoms. The zero-order valence-corrected chi connectivity index (χ0v) is 18.3. The number of nitrogens with zero attached hydrogens (tertiary/aromatic N) is 7. The Bertz CT molecular complexity index is 1100. The summed E-state index contributed by atoms with van der Waals surface area (Å²) in [6.07, 6.45) is 6.68. The quantitative estimate of drug-likeness (QED) is 0.449. The standard InChI is InChI=1S/C22H27N9O2/c23-21-26-13-15(14-27-21)19-17-3-6-31(16-2-5-25-18(12-16)24-4-1-9-32)20(17)29-22(28-19)30-7-10-33-11-8-30/h2,5,12-14,32H,1,3-4,6-11H2,(H,24,25)(H2,23,26,27). The Labute approximate surface area is 191 Å². The molecule has 0 aromatic carbocycles. The molecule has 2 aliphatic rings. The van der Waals surface area contributed by atoms with Gasteiger partial charge in [0.25, 0.3) is 0 Å². The third-order valence-corrected chi connectivity index (χ3v) is 5.75. The zero-order valence-electron chi connectivity index (χ0n) is 18.3. The number of anilines is 5. The molecule has 4 N–H and O–H groups in total. The van der Waals surface area contributed by atoms with Gasteiger partial charge in [-0.2, -0.15) is 4.98 Å². The molecule has 11 heteroatoms. The molecule has 2 aliphatic heterocycles. The van der Waals surface area contributed by atoms with Gasteiger partial charge in [0.2, 0.25) is 11.9 Å². The minimum atomic E-state index is 0.144. The summed E-state index contributed by atoms with van der Waals surface area (Å²) in [6, 6.07) is 3.99. The van der Waals surface area contributed by atoms with Gasteiger partial charge in [-0.3, -0.25) is 0 Å². The molecule has 172 valence electrons. The van der Waals surface area contributed by atoms with Gasteiger partial charge < -0.3 is 30.7 Å². The molecular formula is C22H27N9O2. The van der Waals surface area contributed by atoms with Gasteiger partial charge in [0.1, 0.15) is 11.6 Å². The summed E-state index contributed by atoms with van der Waals surface area (Å²) < 4.78 is 5.51. The van der Waals surface area contributed by atoms with Crippen molar-refractivity contribution >= 4 is 29.2 Å². The van der Waals surface area contributed by atoms with E-state index >= 15 is 0 Å². The van der Waals surface area contributed by atoms with Crippen LogP contribution in [0.3, 0.4) is 0 Å². The van der Waals surface area contributed by atoms with E-state index < -0.39 is 0 Å². The van der Waals surface area contributed by atoms with Crippen LogP contribution in [0, 0.1) is 0 Å². The first kappa shape index (κ1) is 21.3. The molecule has 33 heavy (non-hydrogen) atoms. The van der Waals surface area contributed by atoms with Crippen molar-refractivity contribution in [2.24, 2.45) is 0 Å². The minimum absolute atomic E-state index is 0.144. The number of aliphatic hydroxyl groups excluding tert-OH is 1. The summed E-state index contributed by atoms with van der Waals surface area (Å²) in [5, 5.41) is 12.3. The van der Waals surface area contributed by atoms with Gasteiger partial charge in [-0.15, -0.1) is 0 Å². The van der Waals surface area contributed by atoms with Crippen molar-refractivity contribution in [3.05, 3.63) is 36.3 Å². The van der Waals surface area contributed by atoms with Crippen LogP contribution in [0.1, 0.15) is 12.0 Å². The summed E-state index contributed by atoms with van der Waals surface area (Å²) in [7, 11) is 0. The highest BCUT2D eigenvalue weighted by molar-refractivity contribution is 5.77. The van der Waals surface area contributed by atoms with E-state index in [0.717, 1.165) is 60.2 Å². The van der Waals surface area contributed by atoms with Crippen molar-refractivity contribution in [2.75, 3.05) is 66.8 Å². The fourth-order valence-corrected chi connectivity index (χ4v) is 4.08. The second-order valence-corrected chi connectivity index (χ2v) is 7.91. The van der Waals surface area contributed by atoms with E-state index in [-0.39, 0.29) is 12.6 Å². The molecule has 3 aromatic rings. The highest BCUT2D eigenvalue weighted by atomic mass is 16.5. The third kappa shape index (κ3) is 4.50. The summed E-state index contributed by atoms with van der Waals surface area (Å²) in [4.78, 5) is 27.0. The first-order valence-corrected chi connectivity index (χ1v) is 11.1. The molecule has 0 saturated carbocycles. The predicted molar refractivity (Wildman–Crippen MR) is 126 cm³/mol. The van der Waals surface area contributed by atoms with Gasteiger partial charge in [-0.05, 0) is 18.9 Å². The number of hydrogen-bond acceptors (Lipinski definition) is 11. The molecule has 1 fully saturated rings. The Hall–Kier alpha value is -3.57. The van der Waals surface area contributed by atoms with Crippen LogP contribution in [0.5, 0.6) is 0 Å². The second kappa shape index (κ2) is 9.51. The smallest absolute Gasteiger partial charge is 0.228 e. The fourth-order valence-electron chi connectivity index (χ4n) is 4.08. The first-order valence-electron chi connectivity index (χ1n) is 11.1. The lowest BCUT2D eigenvalue weighted by atomic mass is 10.1. The van der Waals surface area contributed by atoms with E-state index in [1.165, 1.54) is 0 Å². The Kier molecular flexibility index (Phi) is 6.13. The van der Waals surface area contributed by atoms with Gasteiger partial charge in [0.15, 0.2) is 0 Å². The molecule has 5 heterocycles. The molecule has 0 amide bonds. The van der Waals surface area contributed by atoms with Crippen molar-refractivity contribution in [1.82, 2.24) is 24.9 Å². The lowest BCUT2D eigenvalue weighted by molar-refractivity contribution is 0.122. The van der Waals surface area contributed by atoms with E-state index in [2.05, 4.69) is 30.1 Å². The molecule has 3 aromatic heterocycles. The van der Waals surface area contributed by atoms with Gasteiger partial charge >= 0.3 is 0 Å². The van der Waals surface area contributed by atoms with Crippen molar-refractivity contribution in [1.29, 1.82) is 0 Å². The average molecular weight is 450 g/mol. The van der Waals surface area contributed by atoms with E-state index in [4.69, 9.17) is 25.5 Å². The number of nitrogen functional groups attached to an aromatic ring is 1. The molecule has 0 unspecified atom stereocenters. The van der Waals surface area contributed by atoms with Crippen LogP contribution < -0.4 is 20.9 Å². The lowest BCUT2D eigenvalue weighted by Crippen LogP contribution is -2.37. The topological polar surface area (TPSA) is 138 Å². The Morgan fingerprint density at radius 1 is 1.09 bits per heavy atom. The molecule has 0 bridgehead atoms. The summed E-state index contributed by atoms with van der Waals surface area (Å²) in [5.74, 6) is 2.55. The number of ether oxygens (including phenoxy) is 1. The van der Waals surface area contributed by atoms with Crippen molar-refractivity contribution in [2.45, 2.75) is 12.8 Å². The molecule has 5 rings (SSSR count). The van der Waals surface area contributed by atoms with Crippen LogP contribution >= 0.6 is 0 Å². The molecular weight excluding hydrogens is 422 g/mol. The number of hydrogen-bond donors (Lipinski definition) is 3. The minimum Gasteiger partial charge on any atom is -0.396 e. The van der Waals surface area contributed by atoms with Crippen LogP contribution in [0.2, 0.25) is 0 Å². The zero-order chi connectivity index (χ0) is 22.6. The van der Waals surface area contributed by atoms with Gasteiger partial charge in [-0.1, -0.05) is 0 Å². The van der Waals surface area contributed by atoms with Crippen LogP contribution in [0.4, 0.5) is 29.2 Å². The fraction of sp³-hybridized carbons (Fsp3) is 0.409. The highest BCUT2D eigenvalue weighted by Crippen LogP contribution is 2.39. The number of nitrogens with two attached hydrogens (primary N) is 1. The van der Waals surface area contributed by atoms with Crippen LogP contribution in [0.15, 0.2) is 30.7 Å². The Morgan fingerprint density at radius 2 is 1.91 bits per heavy atom. The summed E-state index contributed by atoms with van der Waals surface area (Å²) >= 11 is 0. The molecule has 11 nitrogen and oxygen atoms in total. The van der Waals surface area contributed by atoms with Crippen molar-refractivity contribution < 1.29 is 9.84 Å². The molecule has 1 saturated heterocycles. The average Bonchev–Trinajstić information content (AvgIpc) is 3.29. The number of aliphatic hydroxyl groups is 1. The number of fused-ring (bicyclic) bond motifs is 1. The molecule has 0 aliphatic carbocycles. The number of aromatic nitrogens is 5. The normalized spacial score (nSPS) is 15.5. The largest absolute Gasteiger partial charge is 0.396 e. The van der Waals surface area contributed by atoms with Crippen molar-refractivity contribution in [3.8, 4) is 11.3 Å². The van der Waals surface area contributed by atoms with E-state index in [9.17, 15) is 0 Å². The van der Waals surface area contributed by atoms with E-state index in [0.29, 0.717) is 32.1 Å². The van der Waals surface area contributed by atoms with E-state index in [1.807, 2.05) is 12.1 Å². The maximum Gasteiger partial charge on any atom is 0.228 e. The predicted octanol–water partition coefficient (Wildman–Crippen LogP) is 1.24. The molecule has 0 radical (unpaired) electrons. The maximum absolute atomic E-state index is 9.04. The van der Waals surface area contributed by atoms with Gasteiger partial charge in [0.05, 0.1) is 18.9 Å². The lowest BCUT2D eigenvalue weighted by Gasteiger charge is -2.28. The van der Waals surface area contributed by atoms with Gasteiger partial charge in [0, 0.05) is 74.3 Å². The first-order chi connectivity index (χ1) is 16.2. The number of pyridine rings is 1. The Balaban J connectivity index is 1.54. The van der Waals surface area contributed by atoms with Crippen LogP contribution in [-0.4, -0.2) is 76.0 Å². The SMILES string of the molecule is Nc1ncc(-c2nc(N3CCOCC3)nc3c2CCN3c2ccnc(NCCCO)c2)cn1. The summed E-state index contributed by atoms with van der Waals surface area (Å²) in [6.45, 7) is 4.36. The van der Waals surface area contributed by atoms with Gasteiger partial charge in [-0.25, -0.2) is 19.9 Å². The highest BCUT2D eigenvalue weighted by Gasteiger charge is 2.29. The summed E-state index contributed by atoms with van der Waals surface area (Å²) in [5.41, 5.74) is 9.42. The number of rotatable bonds is 7. The maximum atomic E-state index is 9.04. The van der Waals surface area contributed by atoms with E-state index in [1.54, 1.807) is 18.6 Å². The molecule has 0 atom stereocenters. The number of morpholine rings is 1. The Morgan fingerprint density at radius 3 is 2.70 bits per heavy atom. The monoisotopic (exact) mass is 449 g/mol. The number of nitrogens with one attached hydrogen (secondary N) is 1. The third-order valence-electron chi connectivity index (χ3n) is 5.75.